The summed E-state index contributed by atoms with van der Waals surface area (Å²) in [5.74, 6) is 0.605. The van der Waals surface area contributed by atoms with Crippen molar-refractivity contribution in [3.63, 3.8) is 0 Å². The summed E-state index contributed by atoms with van der Waals surface area (Å²) in [5.41, 5.74) is 6.48. The van der Waals surface area contributed by atoms with Gasteiger partial charge in [-0.1, -0.05) is 18.2 Å². The van der Waals surface area contributed by atoms with Gasteiger partial charge in [-0.05, 0) is 37.6 Å². The van der Waals surface area contributed by atoms with Crippen molar-refractivity contribution in [2.45, 2.75) is 6.42 Å². The van der Waals surface area contributed by atoms with Crippen LogP contribution in [0.25, 0.3) is 0 Å². The SMILES string of the molecule is NCC1CCN(CC(=O)Nc2ccccc2)C1. The van der Waals surface area contributed by atoms with Crippen molar-refractivity contribution in [1.82, 2.24) is 4.90 Å². The fraction of sp³-hybridized carbons (Fsp3) is 0.462. The van der Waals surface area contributed by atoms with E-state index in [2.05, 4.69) is 10.2 Å². The summed E-state index contributed by atoms with van der Waals surface area (Å²) in [5, 5.41) is 2.89. The van der Waals surface area contributed by atoms with Crippen LogP contribution in [-0.2, 0) is 4.79 Å². The largest absolute Gasteiger partial charge is 0.330 e. The third-order valence-electron chi connectivity index (χ3n) is 3.13. The van der Waals surface area contributed by atoms with E-state index in [1.54, 1.807) is 0 Å². The van der Waals surface area contributed by atoms with Crippen molar-refractivity contribution in [3.8, 4) is 0 Å². The number of nitrogens with one attached hydrogen (secondary N) is 1. The molecule has 1 aliphatic heterocycles. The van der Waals surface area contributed by atoms with Crippen LogP contribution in [0.5, 0.6) is 0 Å². The van der Waals surface area contributed by atoms with Crippen LogP contribution in [0.4, 0.5) is 5.69 Å². The van der Waals surface area contributed by atoms with E-state index in [-0.39, 0.29) is 5.91 Å². The highest BCUT2D eigenvalue weighted by Crippen LogP contribution is 2.14. The first-order valence-electron chi connectivity index (χ1n) is 6.05. The van der Waals surface area contributed by atoms with E-state index in [9.17, 15) is 4.79 Å². The molecule has 0 bridgehead atoms. The van der Waals surface area contributed by atoms with Crippen LogP contribution in [0, 0.1) is 5.92 Å². The Bertz CT molecular complexity index is 366. The third kappa shape index (κ3) is 3.54. The lowest BCUT2D eigenvalue weighted by atomic mass is 10.1. The Morgan fingerprint density at radius 1 is 1.41 bits per heavy atom. The Balaban J connectivity index is 1.78. The van der Waals surface area contributed by atoms with Gasteiger partial charge in [0.25, 0.3) is 0 Å². The van der Waals surface area contributed by atoms with E-state index in [1.165, 1.54) is 0 Å². The lowest BCUT2D eigenvalue weighted by molar-refractivity contribution is -0.117. The number of carbonyl (C=O) groups excluding carboxylic acids is 1. The maximum atomic E-state index is 11.8. The minimum absolute atomic E-state index is 0.0499. The minimum Gasteiger partial charge on any atom is -0.330 e. The molecule has 0 radical (unpaired) electrons. The first-order valence-corrected chi connectivity index (χ1v) is 6.05. The Morgan fingerprint density at radius 3 is 2.82 bits per heavy atom. The minimum atomic E-state index is 0.0499. The molecule has 0 saturated carbocycles. The highest BCUT2D eigenvalue weighted by molar-refractivity contribution is 5.92. The molecule has 1 aromatic carbocycles. The molecule has 17 heavy (non-hydrogen) atoms. The Kier molecular flexibility index (Phi) is 4.12. The summed E-state index contributed by atoms with van der Waals surface area (Å²) in [6.07, 6.45) is 1.11. The number of likely N-dealkylation sites (tertiary alicyclic amines) is 1. The number of nitrogens with zero attached hydrogens (tertiary/aromatic N) is 1. The average molecular weight is 233 g/mol. The summed E-state index contributed by atoms with van der Waals surface area (Å²) >= 11 is 0. The third-order valence-corrected chi connectivity index (χ3v) is 3.13. The fourth-order valence-electron chi connectivity index (χ4n) is 2.17. The van der Waals surface area contributed by atoms with E-state index >= 15 is 0 Å². The van der Waals surface area contributed by atoms with Crippen LogP contribution in [0.2, 0.25) is 0 Å². The molecule has 1 atom stereocenters. The van der Waals surface area contributed by atoms with Gasteiger partial charge in [0.05, 0.1) is 6.54 Å². The monoisotopic (exact) mass is 233 g/mol. The van der Waals surface area contributed by atoms with E-state index < -0.39 is 0 Å². The van der Waals surface area contributed by atoms with Gasteiger partial charge in [0.1, 0.15) is 0 Å². The molecule has 92 valence electrons. The summed E-state index contributed by atoms with van der Waals surface area (Å²) in [6.45, 7) is 3.10. The van der Waals surface area contributed by atoms with Crippen molar-refractivity contribution in [3.05, 3.63) is 30.3 Å². The second-order valence-electron chi connectivity index (χ2n) is 4.54. The predicted molar refractivity (Wildman–Crippen MR) is 68.7 cm³/mol. The van der Waals surface area contributed by atoms with Crippen LogP contribution in [0.3, 0.4) is 0 Å². The van der Waals surface area contributed by atoms with Crippen LogP contribution < -0.4 is 11.1 Å². The van der Waals surface area contributed by atoms with E-state index in [4.69, 9.17) is 5.73 Å². The van der Waals surface area contributed by atoms with Crippen molar-refractivity contribution >= 4 is 11.6 Å². The summed E-state index contributed by atoms with van der Waals surface area (Å²) in [4.78, 5) is 13.9. The molecule has 0 aliphatic carbocycles. The molecule has 1 unspecified atom stereocenters. The topological polar surface area (TPSA) is 58.4 Å². The summed E-state index contributed by atoms with van der Waals surface area (Å²) < 4.78 is 0. The lowest BCUT2D eigenvalue weighted by Crippen LogP contribution is -2.32. The molecule has 0 spiro atoms. The number of anilines is 1. The quantitative estimate of drug-likeness (QED) is 0.812. The van der Waals surface area contributed by atoms with E-state index in [0.29, 0.717) is 12.5 Å². The lowest BCUT2D eigenvalue weighted by Gasteiger charge is -2.15. The zero-order chi connectivity index (χ0) is 12.1. The molecule has 4 heteroatoms. The average Bonchev–Trinajstić information content (AvgIpc) is 2.78. The number of hydrogen-bond donors (Lipinski definition) is 2. The maximum absolute atomic E-state index is 11.8. The fourth-order valence-corrected chi connectivity index (χ4v) is 2.17. The van der Waals surface area contributed by atoms with Crippen molar-refractivity contribution < 1.29 is 4.79 Å². The number of carbonyl (C=O) groups is 1. The second kappa shape index (κ2) is 5.80. The Hall–Kier alpha value is -1.39. The molecular formula is C13H19N3O. The van der Waals surface area contributed by atoms with Crippen LogP contribution in [-0.4, -0.2) is 37.0 Å². The van der Waals surface area contributed by atoms with Crippen LogP contribution in [0.15, 0.2) is 30.3 Å². The molecule has 1 heterocycles. The molecular weight excluding hydrogens is 214 g/mol. The van der Waals surface area contributed by atoms with Crippen molar-refractivity contribution in [1.29, 1.82) is 0 Å². The molecule has 1 aliphatic rings. The van der Waals surface area contributed by atoms with Crippen molar-refractivity contribution in [2.24, 2.45) is 11.7 Å². The zero-order valence-corrected chi connectivity index (χ0v) is 9.93. The number of nitrogens with two attached hydrogens (primary N) is 1. The zero-order valence-electron chi connectivity index (χ0n) is 9.93. The van der Waals surface area contributed by atoms with Crippen LogP contribution in [0.1, 0.15) is 6.42 Å². The first kappa shape index (κ1) is 12.1. The number of amides is 1. The number of hydrogen-bond acceptors (Lipinski definition) is 3. The van der Waals surface area contributed by atoms with Crippen molar-refractivity contribution in [2.75, 3.05) is 31.5 Å². The highest BCUT2D eigenvalue weighted by atomic mass is 16.2. The molecule has 2 rings (SSSR count). The summed E-state index contributed by atoms with van der Waals surface area (Å²) in [7, 11) is 0. The first-order chi connectivity index (χ1) is 8.28. The Labute approximate surface area is 102 Å². The van der Waals surface area contributed by atoms with E-state index in [1.807, 2.05) is 30.3 Å². The van der Waals surface area contributed by atoms with Gasteiger partial charge in [0, 0.05) is 12.2 Å². The van der Waals surface area contributed by atoms with Crippen LogP contribution >= 0.6 is 0 Å². The normalized spacial score (nSPS) is 20.4. The highest BCUT2D eigenvalue weighted by Gasteiger charge is 2.22. The number of benzene rings is 1. The Morgan fingerprint density at radius 2 is 2.18 bits per heavy atom. The molecule has 0 aromatic heterocycles. The van der Waals surface area contributed by atoms with Gasteiger partial charge in [-0.2, -0.15) is 0 Å². The molecule has 1 amide bonds. The molecule has 1 fully saturated rings. The van der Waals surface area contributed by atoms with Gasteiger partial charge in [-0.25, -0.2) is 0 Å². The maximum Gasteiger partial charge on any atom is 0.238 e. The summed E-state index contributed by atoms with van der Waals surface area (Å²) in [6, 6.07) is 9.54. The number of rotatable bonds is 4. The van der Waals surface area contributed by atoms with Gasteiger partial charge in [0.15, 0.2) is 0 Å². The second-order valence-corrected chi connectivity index (χ2v) is 4.54. The molecule has 1 saturated heterocycles. The van der Waals surface area contributed by atoms with Gasteiger partial charge >= 0.3 is 0 Å². The smallest absolute Gasteiger partial charge is 0.238 e. The number of para-hydroxylation sites is 1. The molecule has 4 nitrogen and oxygen atoms in total. The predicted octanol–water partition coefficient (Wildman–Crippen LogP) is 0.906. The molecule has 3 N–H and O–H groups in total. The van der Waals surface area contributed by atoms with Gasteiger partial charge in [0.2, 0.25) is 5.91 Å². The van der Waals surface area contributed by atoms with Gasteiger partial charge in [-0.15, -0.1) is 0 Å². The standard InChI is InChI=1S/C13H19N3O/c14-8-11-6-7-16(9-11)10-13(17)15-12-4-2-1-3-5-12/h1-5,11H,6-10,14H2,(H,15,17). The van der Waals surface area contributed by atoms with Gasteiger partial charge < -0.3 is 11.1 Å². The van der Waals surface area contributed by atoms with E-state index in [0.717, 1.165) is 31.7 Å². The van der Waals surface area contributed by atoms with Gasteiger partial charge in [-0.3, -0.25) is 9.69 Å². The molecule has 1 aromatic rings.